The second kappa shape index (κ2) is 6.73. The van der Waals surface area contributed by atoms with E-state index in [9.17, 15) is 5.11 Å². The third-order valence-electron chi connectivity index (χ3n) is 5.24. The Labute approximate surface area is 123 Å². The Balaban J connectivity index is 1.85. The molecular formula is C16H32N2O2. The van der Waals surface area contributed by atoms with Crippen LogP contribution in [0, 0.1) is 17.8 Å². The Hall–Kier alpha value is -0.160. The van der Waals surface area contributed by atoms with E-state index in [1.807, 2.05) is 0 Å². The van der Waals surface area contributed by atoms with Crippen molar-refractivity contribution in [2.45, 2.75) is 51.2 Å². The molecule has 0 aromatic rings. The van der Waals surface area contributed by atoms with Gasteiger partial charge >= 0.3 is 0 Å². The number of nitrogens with zero attached hydrogens (tertiary/aromatic N) is 1. The summed E-state index contributed by atoms with van der Waals surface area (Å²) in [6.45, 7) is 7.74. The van der Waals surface area contributed by atoms with E-state index in [2.05, 4.69) is 25.8 Å². The molecule has 20 heavy (non-hydrogen) atoms. The number of likely N-dealkylation sites (N-methyl/N-ethyl adjacent to an activating group) is 1. The molecule has 0 aromatic carbocycles. The average Bonchev–Trinajstić information content (AvgIpc) is 2.34. The molecule has 4 atom stereocenters. The fraction of sp³-hybridized carbons (Fsp3) is 1.00. The summed E-state index contributed by atoms with van der Waals surface area (Å²) in [7, 11) is 2.12. The van der Waals surface area contributed by atoms with E-state index < -0.39 is 5.60 Å². The smallest absolute Gasteiger partial charge is 0.0817 e. The van der Waals surface area contributed by atoms with Crippen LogP contribution in [0.3, 0.4) is 0 Å². The summed E-state index contributed by atoms with van der Waals surface area (Å²) >= 11 is 0. The number of ether oxygens (including phenoxy) is 1. The van der Waals surface area contributed by atoms with E-state index in [0.717, 1.165) is 38.3 Å². The van der Waals surface area contributed by atoms with E-state index in [4.69, 9.17) is 10.5 Å². The highest BCUT2D eigenvalue weighted by Crippen LogP contribution is 2.33. The topological polar surface area (TPSA) is 58.7 Å². The van der Waals surface area contributed by atoms with Crippen LogP contribution in [0.5, 0.6) is 0 Å². The number of nitrogens with two attached hydrogens (primary N) is 1. The zero-order valence-electron chi connectivity index (χ0n) is 13.3. The molecule has 118 valence electrons. The minimum Gasteiger partial charge on any atom is -0.388 e. The predicted molar refractivity (Wildman–Crippen MR) is 81.5 cm³/mol. The number of hydrogen-bond donors (Lipinski definition) is 2. The van der Waals surface area contributed by atoms with Gasteiger partial charge in [0, 0.05) is 45.2 Å². The van der Waals surface area contributed by atoms with Gasteiger partial charge in [-0.05, 0) is 37.6 Å². The lowest BCUT2D eigenvalue weighted by atomic mass is 9.72. The SMILES string of the molecule is CC1CC(C)C(CN(C)CC2(O)CCOCC2)C(N)C1. The normalized spacial score (nSPS) is 38.1. The lowest BCUT2D eigenvalue weighted by molar-refractivity contribution is -0.0796. The van der Waals surface area contributed by atoms with Crippen LogP contribution in [0.25, 0.3) is 0 Å². The summed E-state index contributed by atoms with van der Waals surface area (Å²) in [5.41, 5.74) is 5.80. The molecule has 0 bridgehead atoms. The molecule has 0 radical (unpaired) electrons. The maximum absolute atomic E-state index is 10.6. The van der Waals surface area contributed by atoms with E-state index in [1.165, 1.54) is 6.42 Å². The largest absolute Gasteiger partial charge is 0.388 e. The summed E-state index contributed by atoms with van der Waals surface area (Å²) in [5, 5.41) is 10.6. The molecule has 0 aromatic heterocycles. The first kappa shape index (κ1) is 16.2. The average molecular weight is 284 g/mol. The summed E-state index contributed by atoms with van der Waals surface area (Å²) in [6, 6.07) is 0.306. The van der Waals surface area contributed by atoms with Crippen molar-refractivity contribution >= 4 is 0 Å². The highest BCUT2D eigenvalue weighted by atomic mass is 16.5. The van der Waals surface area contributed by atoms with Gasteiger partial charge in [-0.2, -0.15) is 0 Å². The van der Waals surface area contributed by atoms with Crippen molar-refractivity contribution in [2.75, 3.05) is 33.4 Å². The van der Waals surface area contributed by atoms with E-state index >= 15 is 0 Å². The van der Waals surface area contributed by atoms with Gasteiger partial charge < -0.3 is 20.5 Å². The molecular weight excluding hydrogens is 252 g/mol. The molecule has 0 amide bonds. The van der Waals surface area contributed by atoms with E-state index in [1.54, 1.807) is 0 Å². The van der Waals surface area contributed by atoms with Gasteiger partial charge in [0.1, 0.15) is 0 Å². The first-order valence-electron chi connectivity index (χ1n) is 8.14. The predicted octanol–water partition coefficient (Wildman–Crippen LogP) is 1.47. The van der Waals surface area contributed by atoms with Gasteiger partial charge in [0.05, 0.1) is 5.60 Å². The summed E-state index contributed by atoms with van der Waals surface area (Å²) in [6.07, 6.45) is 3.92. The standard InChI is InChI=1S/C16H32N2O2/c1-12-8-13(2)14(15(17)9-12)10-18(3)11-16(19)4-6-20-7-5-16/h12-15,19H,4-11,17H2,1-3H3. The van der Waals surface area contributed by atoms with Gasteiger partial charge in [0.25, 0.3) is 0 Å². The van der Waals surface area contributed by atoms with Crippen LogP contribution < -0.4 is 5.73 Å². The van der Waals surface area contributed by atoms with Crippen LogP contribution in [-0.4, -0.2) is 55.0 Å². The van der Waals surface area contributed by atoms with E-state index in [0.29, 0.717) is 31.1 Å². The number of hydrogen-bond acceptors (Lipinski definition) is 4. The molecule has 1 aliphatic heterocycles. The van der Waals surface area contributed by atoms with Gasteiger partial charge in [-0.3, -0.25) is 0 Å². The van der Waals surface area contributed by atoms with Gasteiger partial charge in [0.15, 0.2) is 0 Å². The quantitative estimate of drug-likeness (QED) is 0.821. The van der Waals surface area contributed by atoms with Crippen molar-refractivity contribution in [3.8, 4) is 0 Å². The molecule has 4 unspecified atom stereocenters. The second-order valence-corrected chi connectivity index (χ2v) is 7.42. The molecule has 1 aliphatic carbocycles. The van der Waals surface area contributed by atoms with Crippen LogP contribution in [0.1, 0.15) is 39.5 Å². The van der Waals surface area contributed by atoms with Crippen molar-refractivity contribution < 1.29 is 9.84 Å². The maximum atomic E-state index is 10.6. The first-order valence-corrected chi connectivity index (χ1v) is 8.14. The molecule has 4 heteroatoms. The fourth-order valence-electron chi connectivity index (χ4n) is 4.12. The van der Waals surface area contributed by atoms with Crippen LogP contribution in [0.2, 0.25) is 0 Å². The lowest BCUT2D eigenvalue weighted by Gasteiger charge is -2.42. The Morgan fingerprint density at radius 1 is 1.25 bits per heavy atom. The Morgan fingerprint density at radius 3 is 2.50 bits per heavy atom. The van der Waals surface area contributed by atoms with Crippen LogP contribution in [0.4, 0.5) is 0 Å². The zero-order chi connectivity index (χ0) is 14.8. The summed E-state index contributed by atoms with van der Waals surface area (Å²) < 4.78 is 5.34. The molecule has 4 nitrogen and oxygen atoms in total. The first-order chi connectivity index (χ1) is 9.39. The molecule has 2 aliphatic rings. The van der Waals surface area contributed by atoms with Gasteiger partial charge in [0.2, 0.25) is 0 Å². The lowest BCUT2D eigenvalue weighted by Crippen LogP contribution is -2.50. The highest BCUT2D eigenvalue weighted by Gasteiger charge is 2.35. The molecule has 3 N–H and O–H groups in total. The van der Waals surface area contributed by atoms with Crippen molar-refractivity contribution in [3.05, 3.63) is 0 Å². The molecule has 1 heterocycles. The fourth-order valence-corrected chi connectivity index (χ4v) is 4.12. The van der Waals surface area contributed by atoms with Crippen molar-refractivity contribution in [1.29, 1.82) is 0 Å². The summed E-state index contributed by atoms with van der Waals surface area (Å²) in [4.78, 5) is 2.28. The Bertz CT molecular complexity index is 293. The third kappa shape index (κ3) is 4.17. The molecule has 2 rings (SSSR count). The van der Waals surface area contributed by atoms with E-state index in [-0.39, 0.29) is 0 Å². The maximum Gasteiger partial charge on any atom is 0.0817 e. The molecule has 1 saturated heterocycles. The molecule has 0 spiro atoms. The third-order valence-corrected chi connectivity index (χ3v) is 5.24. The molecule has 2 fully saturated rings. The second-order valence-electron chi connectivity index (χ2n) is 7.42. The van der Waals surface area contributed by atoms with Crippen LogP contribution >= 0.6 is 0 Å². The number of aliphatic hydroxyl groups is 1. The minimum atomic E-state index is -0.567. The zero-order valence-corrected chi connectivity index (χ0v) is 13.3. The number of rotatable bonds is 4. The van der Waals surface area contributed by atoms with Gasteiger partial charge in [-0.15, -0.1) is 0 Å². The molecule has 1 saturated carbocycles. The summed E-state index contributed by atoms with van der Waals surface area (Å²) in [5.74, 6) is 1.99. The van der Waals surface area contributed by atoms with Crippen LogP contribution in [0.15, 0.2) is 0 Å². The van der Waals surface area contributed by atoms with Crippen molar-refractivity contribution in [1.82, 2.24) is 4.90 Å². The van der Waals surface area contributed by atoms with Crippen LogP contribution in [-0.2, 0) is 4.74 Å². The monoisotopic (exact) mass is 284 g/mol. The Kier molecular flexibility index (Phi) is 5.46. The highest BCUT2D eigenvalue weighted by molar-refractivity contribution is 4.89. The van der Waals surface area contributed by atoms with Crippen molar-refractivity contribution in [3.63, 3.8) is 0 Å². The minimum absolute atomic E-state index is 0.306. The van der Waals surface area contributed by atoms with Gasteiger partial charge in [-0.25, -0.2) is 0 Å². The Morgan fingerprint density at radius 2 is 1.90 bits per heavy atom. The van der Waals surface area contributed by atoms with Gasteiger partial charge in [-0.1, -0.05) is 13.8 Å². The van der Waals surface area contributed by atoms with Crippen molar-refractivity contribution in [2.24, 2.45) is 23.5 Å².